The predicted octanol–water partition coefficient (Wildman–Crippen LogP) is 2.44. The highest BCUT2D eigenvalue weighted by Gasteiger charge is 2.34. The first-order valence-electron chi connectivity index (χ1n) is 9.93. The fourth-order valence-electron chi connectivity index (χ4n) is 3.50. The molecule has 0 aromatic carbocycles. The molecule has 0 aliphatic carbocycles. The van der Waals surface area contributed by atoms with Crippen LogP contribution in [0.25, 0.3) is 0 Å². The van der Waals surface area contributed by atoms with E-state index < -0.39 is 0 Å². The lowest BCUT2D eigenvalue weighted by Gasteiger charge is -2.36. The number of rotatable bonds is 6. The molecule has 0 atom stereocenters. The lowest BCUT2D eigenvalue weighted by Crippen LogP contribution is -2.47. The first kappa shape index (κ1) is 20.5. The van der Waals surface area contributed by atoms with E-state index in [1.54, 1.807) is 4.90 Å². The number of amides is 2. The van der Waals surface area contributed by atoms with Crippen molar-refractivity contribution in [2.24, 2.45) is 11.8 Å². The van der Waals surface area contributed by atoms with Gasteiger partial charge < -0.3 is 19.3 Å². The smallest absolute Gasteiger partial charge is 0.409 e. The normalized spacial score (nSPS) is 19.3. The fraction of sp³-hybridized carbons (Fsp3) is 0.842. The van der Waals surface area contributed by atoms with Gasteiger partial charge in [0.2, 0.25) is 5.91 Å². The Bertz CT molecular complexity index is 438. The van der Waals surface area contributed by atoms with E-state index in [-0.39, 0.29) is 29.8 Å². The first-order valence-corrected chi connectivity index (χ1v) is 9.93. The lowest BCUT2D eigenvalue weighted by molar-refractivity contribution is -0.152. The number of carbonyl (C=O) groups excluding carboxylic acids is 3. The Balaban J connectivity index is 1.72. The van der Waals surface area contributed by atoms with Gasteiger partial charge in [-0.2, -0.15) is 0 Å². The molecule has 0 saturated carbocycles. The topological polar surface area (TPSA) is 76.2 Å². The van der Waals surface area contributed by atoms with Gasteiger partial charge in [-0.15, -0.1) is 0 Å². The van der Waals surface area contributed by atoms with E-state index in [1.807, 2.05) is 18.7 Å². The zero-order valence-electron chi connectivity index (χ0n) is 16.1. The molecule has 0 radical (unpaired) electrons. The van der Waals surface area contributed by atoms with Crippen molar-refractivity contribution in [2.75, 3.05) is 39.4 Å². The molecule has 7 heteroatoms. The molecule has 0 aromatic rings. The van der Waals surface area contributed by atoms with Gasteiger partial charge in [-0.25, -0.2) is 4.79 Å². The van der Waals surface area contributed by atoms with Gasteiger partial charge in [-0.3, -0.25) is 9.59 Å². The molecule has 0 unspecified atom stereocenters. The van der Waals surface area contributed by atoms with Crippen LogP contribution in [0.15, 0.2) is 0 Å². The molecule has 2 amide bonds. The Morgan fingerprint density at radius 1 is 0.769 bits per heavy atom. The minimum absolute atomic E-state index is 0.0335. The fourth-order valence-corrected chi connectivity index (χ4v) is 3.50. The highest BCUT2D eigenvalue weighted by molar-refractivity contribution is 5.80. The van der Waals surface area contributed by atoms with Gasteiger partial charge in [0.1, 0.15) is 0 Å². The van der Waals surface area contributed by atoms with Crippen molar-refractivity contribution < 1.29 is 23.9 Å². The second-order valence-corrected chi connectivity index (χ2v) is 7.14. The summed E-state index contributed by atoms with van der Waals surface area (Å²) in [6.45, 7) is 7.21. The van der Waals surface area contributed by atoms with E-state index in [0.717, 1.165) is 12.8 Å². The second kappa shape index (κ2) is 10.4. The molecule has 2 aliphatic rings. The van der Waals surface area contributed by atoms with Gasteiger partial charge >= 0.3 is 12.1 Å². The monoisotopic (exact) mass is 368 g/mol. The van der Waals surface area contributed by atoms with Crippen LogP contribution in [0, 0.1) is 11.8 Å². The molecule has 2 rings (SSSR count). The average Bonchev–Trinajstić information content (AvgIpc) is 2.69. The summed E-state index contributed by atoms with van der Waals surface area (Å²) in [5, 5.41) is 0. The van der Waals surface area contributed by atoms with Gasteiger partial charge in [0.15, 0.2) is 0 Å². The highest BCUT2D eigenvalue weighted by atomic mass is 16.6. The number of likely N-dealkylation sites (tertiary alicyclic amines) is 2. The Kier molecular flexibility index (Phi) is 8.19. The summed E-state index contributed by atoms with van der Waals surface area (Å²) in [7, 11) is 0. The highest BCUT2D eigenvalue weighted by Crippen LogP contribution is 2.24. The van der Waals surface area contributed by atoms with Crippen LogP contribution < -0.4 is 0 Å². The van der Waals surface area contributed by atoms with E-state index in [2.05, 4.69) is 0 Å². The molecule has 2 saturated heterocycles. The Morgan fingerprint density at radius 3 is 1.85 bits per heavy atom. The molecule has 7 nitrogen and oxygen atoms in total. The van der Waals surface area contributed by atoms with Gasteiger partial charge in [0, 0.05) is 32.1 Å². The number of nitrogens with zero attached hydrogens (tertiary/aromatic N) is 2. The van der Waals surface area contributed by atoms with Crippen LogP contribution in [0.3, 0.4) is 0 Å². The van der Waals surface area contributed by atoms with Crippen molar-refractivity contribution in [3.8, 4) is 0 Å². The van der Waals surface area contributed by atoms with Gasteiger partial charge in [0.25, 0.3) is 0 Å². The van der Waals surface area contributed by atoms with Crippen molar-refractivity contribution in [2.45, 2.75) is 52.4 Å². The average molecular weight is 368 g/mol. The SMILES string of the molecule is CCCOC(=O)C1CCN(C(=O)C2CCN(C(=O)OCCC)CC2)CC1. The quantitative estimate of drug-likeness (QED) is 0.673. The van der Waals surface area contributed by atoms with Gasteiger partial charge in [-0.1, -0.05) is 13.8 Å². The third-order valence-corrected chi connectivity index (χ3v) is 5.12. The molecule has 2 heterocycles. The zero-order valence-corrected chi connectivity index (χ0v) is 16.1. The first-order chi connectivity index (χ1) is 12.6. The molecular formula is C19H32N2O5. The third kappa shape index (κ3) is 5.61. The molecule has 2 fully saturated rings. The van der Waals surface area contributed by atoms with Crippen LogP contribution in [0.2, 0.25) is 0 Å². The Hall–Kier alpha value is -1.79. The van der Waals surface area contributed by atoms with Gasteiger partial charge in [-0.05, 0) is 38.5 Å². The summed E-state index contributed by atoms with van der Waals surface area (Å²) >= 11 is 0. The van der Waals surface area contributed by atoms with E-state index in [4.69, 9.17) is 9.47 Å². The van der Waals surface area contributed by atoms with E-state index in [0.29, 0.717) is 65.1 Å². The molecule has 0 bridgehead atoms. The number of esters is 1. The Morgan fingerprint density at radius 2 is 1.27 bits per heavy atom. The summed E-state index contributed by atoms with van der Waals surface area (Å²) in [4.78, 5) is 40.1. The van der Waals surface area contributed by atoms with E-state index in [9.17, 15) is 14.4 Å². The maximum atomic E-state index is 12.7. The van der Waals surface area contributed by atoms with Crippen LogP contribution >= 0.6 is 0 Å². The van der Waals surface area contributed by atoms with E-state index >= 15 is 0 Å². The van der Waals surface area contributed by atoms with E-state index in [1.165, 1.54) is 0 Å². The summed E-state index contributed by atoms with van der Waals surface area (Å²) < 4.78 is 10.4. The summed E-state index contributed by atoms with van der Waals surface area (Å²) in [5.74, 6) is -0.0839. The molecule has 26 heavy (non-hydrogen) atoms. The van der Waals surface area contributed by atoms with Crippen molar-refractivity contribution in [1.29, 1.82) is 0 Å². The van der Waals surface area contributed by atoms with Crippen LogP contribution in [0.4, 0.5) is 4.79 Å². The van der Waals surface area contributed by atoms with Crippen LogP contribution in [0.5, 0.6) is 0 Å². The van der Waals surface area contributed by atoms with Crippen molar-refractivity contribution in [1.82, 2.24) is 9.80 Å². The molecule has 2 aliphatic heterocycles. The van der Waals surface area contributed by atoms with Crippen LogP contribution in [-0.2, 0) is 19.1 Å². The van der Waals surface area contributed by atoms with Crippen molar-refractivity contribution in [3.63, 3.8) is 0 Å². The third-order valence-electron chi connectivity index (χ3n) is 5.12. The zero-order chi connectivity index (χ0) is 18.9. The van der Waals surface area contributed by atoms with Crippen molar-refractivity contribution >= 4 is 18.0 Å². The maximum Gasteiger partial charge on any atom is 0.409 e. The summed E-state index contributed by atoms with van der Waals surface area (Å²) in [6, 6.07) is 0. The molecule has 0 N–H and O–H groups in total. The second-order valence-electron chi connectivity index (χ2n) is 7.14. The molecule has 0 aromatic heterocycles. The van der Waals surface area contributed by atoms with Crippen LogP contribution in [0.1, 0.15) is 52.4 Å². The van der Waals surface area contributed by atoms with Gasteiger partial charge in [0.05, 0.1) is 19.1 Å². The number of piperidine rings is 2. The molecule has 0 spiro atoms. The summed E-state index contributed by atoms with van der Waals surface area (Å²) in [5.41, 5.74) is 0. The molecule has 148 valence electrons. The number of hydrogen-bond donors (Lipinski definition) is 0. The largest absolute Gasteiger partial charge is 0.465 e. The summed E-state index contributed by atoms with van der Waals surface area (Å²) in [6.07, 6.45) is 4.07. The predicted molar refractivity (Wildman–Crippen MR) is 96.5 cm³/mol. The van der Waals surface area contributed by atoms with Crippen LogP contribution in [-0.4, -0.2) is 67.2 Å². The standard InChI is InChI=1S/C19H32N2O5/c1-3-13-25-18(23)16-7-9-20(10-8-16)17(22)15-5-11-21(12-6-15)19(24)26-14-4-2/h15-16H,3-14H2,1-2H3. The number of hydrogen-bond acceptors (Lipinski definition) is 5. The minimum Gasteiger partial charge on any atom is -0.465 e. The van der Waals surface area contributed by atoms with Crippen molar-refractivity contribution in [3.05, 3.63) is 0 Å². The number of ether oxygens (including phenoxy) is 2. The molecular weight excluding hydrogens is 336 g/mol. The minimum atomic E-state index is -0.274. The lowest BCUT2D eigenvalue weighted by atomic mass is 9.92. The number of carbonyl (C=O) groups is 3. The maximum absolute atomic E-state index is 12.7. The Labute approximate surface area is 156 Å².